The fourth-order valence-electron chi connectivity index (χ4n) is 1.38. The van der Waals surface area contributed by atoms with Crippen molar-refractivity contribution in [2.75, 3.05) is 7.11 Å². The minimum Gasteiger partial charge on any atom is -0.377 e. The highest BCUT2D eigenvalue weighted by Gasteiger charge is 2.10. The first-order valence-electron chi connectivity index (χ1n) is 5.52. The van der Waals surface area contributed by atoms with Gasteiger partial charge in [-0.25, -0.2) is 8.42 Å². The quantitative estimate of drug-likeness (QED) is 0.811. The van der Waals surface area contributed by atoms with Crippen LogP contribution in [-0.2, 0) is 14.6 Å². The molecule has 0 aliphatic heterocycles. The number of sulfone groups is 1. The molecule has 94 valence electrons. The molecule has 0 spiro atoms. The van der Waals surface area contributed by atoms with E-state index in [1.807, 2.05) is 13.8 Å². The Hall–Kier alpha value is -1.13. The van der Waals surface area contributed by atoms with Gasteiger partial charge in [0.2, 0.25) is 0 Å². The van der Waals surface area contributed by atoms with Gasteiger partial charge in [0.05, 0.1) is 11.0 Å². The maximum absolute atomic E-state index is 11.9. The largest absolute Gasteiger partial charge is 0.377 e. The van der Waals surface area contributed by atoms with Crippen molar-refractivity contribution in [3.8, 4) is 0 Å². The summed E-state index contributed by atoms with van der Waals surface area (Å²) in [7, 11) is -1.79. The van der Waals surface area contributed by atoms with Crippen LogP contribution in [0, 0.1) is 6.92 Å². The lowest BCUT2D eigenvalue weighted by molar-refractivity contribution is 0.138. The van der Waals surface area contributed by atoms with Crippen LogP contribution in [0.5, 0.6) is 0 Å². The van der Waals surface area contributed by atoms with E-state index in [1.54, 1.807) is 37.5 Å². The summed E-state index contributed by atoms with van der Waals surface area (Å²) in [6.07, 6.45) is 2.17. The van der Waals surface area contributed by atoms with Crippen LogP contribution in [0.1, 0.15) is 18.9 Å². The Balaban J connectivity index is 2.92. The second-order valence-electron chi connectivity index (χ2n) is 3.87. The summed E-state index contributed by atoms with van der Waals surface area (Å²) in [5, 5.41) is 1.22. The molecule has 0 radical (unpaired) electrons. The molecule has 1 aromatic carbocycles. The van der Waals surface area contributed by atoms with Crippen molar-refractivity contribution in [3.05, 3.63) is 41.3 Å². The van der Waals surface area contributed by atoms with Crippen LogP contribution in [0.15, 0.2) is 40.6 Å². The second kappa shape index (κ2) is 5.98. The molecular weight excluding hydrogens is 236 g/mol. The summed E-state index contributed by atoms with van der Waals surface area (Å²) in [6.45, 7) is 3.86. The molecule has 1 rings (SSSR count). The lowest BCUT2D eigenvalue weighted by atomic mass is 10.2. The van der Waals surface area contributed by atoms with E-state index in [9.17, 15) is 8.42 Å². The Morgan fingerprint density at radius 3 is 2.35 bits per heavy atom. The summed E-state index contributed by atoms with van der Waals surface area (Å²) in [6, 6.07) is 6.80. The molecule has 1 unspecified atom stereocenters. The predicted octanol–water partition coefficient (Wildman–Crippen LogP) is 2.71. The highest BCUT2D eigenvalue weighted by molar-refractivity contribution is 7.94. The molecule has 0 fully saturated rings. The fraction of sp³-hybridized carbons (Fsp3) is 0.385. The summed E-state index contributed by atoms with van der Waals surface area (Å²) in [4.78, 5) is 0.310. The normalized spacial score (nSPS) is 14.1. The van der Waals surface area contributed by atoms with Crippen molar-refractivity contribution < 1.29 is 13.2 Å². The van der Waals surface area contributed by atoms with Crippen molar-refractivity contribution in [1.29, 1.82) is 0 Å². The molecule has 1 atom stereocenters. The van der Waals surface area contributed by atoms with Crippen molar-refractivity contribution in [1.82, 2.24) is 0 Å². The van der Waals surface area contributed by atoms with E-state index >= 15 is 0 Å². The minimum atomic E-state index is -3.35. The van der Waals surface area contributed by atoms with Crippen LogP contribution < -0.4 is 0 Å². The van der Waals surface area contributed by atoms with E-state index in [2.05, 4.69) is 0 Å². The number of benzene rings is 1. The summed E-state index contributed by atoms with van der Waals surface area (Å²) < 4.78 is 29.0. The summed E-state index contributed by atoms with van der Waals surface area (Å²) in [5.41, 5.74) is 1.04. The van der Waals surface area contributed by atoms with Gasteiger partial charge in [0, 0.05) is 12.5 Å². The Labute approximate surface area is 103 Å². The van der Waals surface area contributed by atoms with Gasteiger partial charge in [-0.15, -0.1) is 0 Å². The van der Waals surface area contributed by atoms with Crippen LogP contribution >= 0.6 is 0 Å². The minimum absolute atomic E-state index is 0.157. The van der Waals surface area contributed by atoms with E-state index in [1.165, 1.54) is 5.41 Å². The van der Waals surface area contributed by atoms with Crippen molar-refractivity contribution in [2.45, 2.75) is 31.3 Å². The number of ether oxygens (including phenoxy) is 1. The van der Waals surface area contributed by atoms with Crippen LogP contribution in [0.25, 0.3) is 0 Å². The summed E-state index contributed by atoms with van der Waals surface area (Å²) in [5.74, 6) is 0. The van der Waals surface area contributed by atoms with E-state index in [-0.39, 0.29) is 6.10 Å². The van der Waals surface area contributed by atoms with E-state index in [0.29, 0.717) is 4.90 Å². The molecule has 0 aromatic heterocycles. The molecule has 0 N–H and O–H groups in total. The third-order valence-corrected chi connectivity index (χ3v) is 3.97. The lowest BCUT2D eigenvalue weighted by Crippen LogP contribution is -2.06. The van der Waals surface area contributed by atoms with Crippen LogP contribution in [0.2, 0.25) is 0 Å². The maximum Gasteiger partial charge on any atom is 0.199 e. The smallest absolute Gasteiger partial charge is 0.199 e. The van der Waals surface area contributed by atoms with Gasteiger partial charge < -0.3 is 4.74 Å². The van der Waals surface area contributed by atoms with Gasteiger partial charge in [0.25, 0.3) is 0 Å². The number of hydrogen-bond acceptors (Lipinski definition) is 3. The van der Waals surface area contributed by atoms with Crippen LogP contribution in [0.4, 0.5) is 0 Å². The molecule has 0 saturated carbocycles. The molecule has 0 saturated heterocycles. The average molecular weight is 254 g/mol. The zero-order valence-corrected chi connectivity index (χ0v) is 11.2. The fourth-order valence-corrected chi connectivity index (χ4v) is 2.43. The Kier molecular flexibility index (Phi) is 4.90. The van der Waals surface area contributed by atoms with Crippen molar-refractivity contribution >= 4 is 9.84 Å². The van der Waals surface area contributed by atoms with Gasteiger partial charge in [-0.3, -0.25) is 0 Å². The van der Waals surface area contributed by atoms with E-state index < -0.39 is 9.84 Å². The SMILES string of the molecule is CCC(/C=C/S(=O)(=O)c1ccc(C)cc1)OC. The first-order chi connectivity index (χ1) is 7.99. The topological polar surface area (TPSA) is 43.4 Å². The molecule has 17 heavy (non-hydrogen) atoms. The highest BCUT2D eigenvalue weighted by atomic mass is 32.2. The molecule has 0 aliphatic carbocycles. The Morgan fingerprint density at radius 1 is 1.29 bits per heavy atom. The molecule has 3 nitrogen and oxygen atoms in total. The monoisotopic (exact) mass is 254 g/mol. The maximum atomic E-state index is 11.9. The van der Waals surface area contributed by atoms with Gasteiger partial charge in [-0.2, -0.15) is 0 Å². The predicted molar refractivity (Wildman–Crippen MR) is 68.6 cm³/mol. The molecule has 4 heteroatoms. The first-order valence-corrected chi connectivity index (χ1v) is 7.07. The van der Waals surface area contributed by atoms with Gasteiger partial charge in [0.15, 0.2) is 9.84 Å². The number of methoxy groups -OCH3 is 1. The highest BCUT2D eigenvalue weighted by Crippen LogP contribution is 2.14. The molecule has 0 amide bonds. The third kappa shape index (κ3) is 3.98. The van der Waals surface area contributed by atoms with E-state index in [0.717, 1.165) is 12.0 Å². The zero-order chi connectivity index (χ0) is 12.9. The number of rotatable bonds is 5. The Bertz CT molecular complexity index is 468. The number of aryl methyl sites for hydroxylation is 1. The van der Waals surface area contributed by atoms with E-state index in [4.69, 9.17) is 4.74 Å². The number of hydrogen-bond donors (Lipinski definition) is 0. The van der Waals surface area contributed by atoms with Crippen molar-refractivity contribution in [2.24, 2.45) is 0 Å². The molecule has 0 heterocycles. The second-order valence-corrected chi connectivity index (χ2v) is 5.70. The van der Waals surface area contributed by atoms with Gasteiger partial charge >= 0.3 is 0 Å². The van der Waals surface area contributed by atoms with Gasteiger partial charge in [-0.1, -0.05) is 24.6 Å². The molecule has 1 aromatic rings. The molecule has 0 bridgehead atoms. The van der Waals surface area contributed by atoms with Crippen molar-refractivity contribution in [3.63, 3.8) is 0 Å². The zero-order valence-electron chi connectivity index (χ0n) is 10.4. The first kappa shape index (κ1) is 13.9. The summed E-state index contributed by atoms with van der Waals surface area (Å²) >= 11 is 0. The van der Waals surface area contributed by atoms with Gasteiger partial charge in [-0.05, 0) is 31.6 Å². The lowest BCUT2D eigenvalue weighted by Gasteiger charge is -2.06. The molecular formula is C13H18O3S. The van der Waals surface area contributed by atoms with Crippen LogP contribution in [0.3, 0.4) is 0 Å². The molecule has 0 aliphatic rings. The third-order valence-electron chi connectivity index (χ3n) is 2.53. The van der Waals surface area contributed by atoms with Crippen LogP contribution in [-0.4, -0.2) is 21.6 Å². The average Bonchev–Trinajstić information content (AvgIpc) is 2.31. The van der Waals surface area contributed by atoms with Gasteiger partial charge in [0.1, 0.15) is 0 Å². The Morgan fingerprint density at radius 2 is 1.88 bits per heavy atom. The standard InChI is InChI=1S/C13H18O3S/c1-4-12(16-3)9-10-17(14,15)13-7-5-11(2)6-8-13/h5-10,12H,4H2,1-3H3/b10-9+.